The summed E-state index contributed by atoms with van der Waals surface area (Å²) in [7, 11) is 4.70. The third kappa shape index (κ3) is 4.73. The first kappa shape index (κ1) is 19.7. The maximum atomic E-state index is 12.1. The van der Waals surface area contributed by atoms with Gasteiger partial charge in [-0.15, -0.1) is 0 Å². The van der Waals surface area contributed by atoms with Crippen LogP contribution in [0.4, 0.5) is 10.5 Å². The monoisotopic (exact) mass is 378 g/mol. The van der Waals surface area contributed by atoms with Crippen molar-refractivity contribution in [3.63, 3.8) is 0 Å². The SMILES string of the molecule is COc1cc(CCNC(=O)Nc2cccc(Cl)c2C)cc(OC)c1OC. The van der Waals surface area contributed by atoms with E-state index in [1.807, 2.05) is 19.1 Å². The quantitative estimate of drug-likeness (QED) is 0.763. The van der Waals surface area contributed by atoms with E-state index >= 15 is 0 Å². The van der Waals surface area contributed by atoms with Crippen LogP contribution in [0.3, 0.4) is 0 Å². The fraction of sp³-hybridized carbons (Fsp3) is 0.316. The van der Waals surface area contributed by atoms with E-state index in [1.165, 1.54) is 0 Å². The highest BCUT2D eigenvalue weighted by atomic mass is 35.5. The molecule has 0 fully saturated rings. The van der Waals surface area contributed by atoms with E-state index in [9.17, 15) is 4.79 Å². The molecule has 6 nitrogen and oxygen atoms in total. The molecule has 2 rings (SSSR count). The van der Waals surface area contributed by atoms with E-state index < -0.39 is 0 Å². The Morgan fingerprint density at radius 3 is 2.31 bits per heavy atom. The van der Waals surface area contributed by atoms with Gasteiger partial charge in [-0.2, -0.15) is 0 Å². The Hall–Kier alpha value is -2.60. The molecule has 0 unspecified atom stereocenters. The van der Waals surface area contributed by atoms with Crippen molar-refractivity contribution in [2.45, 2.75) is 13.3 Å². The highest BCUT2D eigenvalue weighted by Crippen LogP contribution is 2.38. The average molecular weight is 379 g/mol. The topological polar surface area (TPSA) is 68.8 Å². The highest BCUT2D eigenvalue weighted by Gasteiger charge is 2.13. The van der Waals surface area contributed by atoms with E-state index in [-0.39, 0.29) is 6.03 Å². The normalized spacial score (nSPS) is 10.2. The maximum Gasteiger partial charge on any atom is 0.319 e. The molecule has 2 amide bonds. The number of nitrogens with one attached hydrogen (secondary N) is 2. The van der Waals surface area contributed by atoms with Gasteiger partial charge in [-0.25, -0.2) is 4.79 Å². The second-order valence-corrected chi connectivity index (χ2v) is 5.98. The molecule has 0 spiro atoms. The second-order valence-electron chi connectivity index (χ2n) is 5.58. The standard InChI is InChI=1S/C19H23ClN2O4/c1-12-14(20)6-5-7-15(12)22-19(23)21-9-8-13-10-16(24-2)18(26-4)17(11-13)25-3/h5-7,10-11H,8-9H2,1-4H3,(H2,21,22,23). The molecule has 0 aromatic heterocycles. The summed E-state index contributed by atoms with van der Waals surface area (Å²) < 4.78 is 16.0. The van der Waals surface area contributed by atoms with Crippen molar-refractivity contribution in [3.8, 4) is 17.2 Å². The molecule has 26 heavy (non-hydrogen) atoms. The molecular formula is C19H23ClN2O4. The van der Waals surface area contributed by atoms with Gasteiger partial charge >= 0.3 is 6.03 Å². The molecule has 0 saturated heterocycles. The number of benzene rings is 2. The van der Waals surface area contributed by atoms with Crippen LogP contribution in [0.1, 0.15) is 11.1 Å². The minimum Gasteiger partial charge on any atom is -0.493 e. The third-order valence-corrected chi connectivity index (χ3v) is 4.35. The summed E-state index contributed by atoms with van der Waals surface area (Å²) in [6.45, 7) is 2.30. The van der Waals surface area contributed by atoms with Crippen LogP contribution >= 0.6 is 11.6 Å². The molecule has 0 aliphatic heterocycles. The number of hydrogen-bond acceptors (Lipinski definition) is 4. The number of ether oxygens (including phenoxy) is 3. The van der Waals surface area contributed by atoms with Gasteiger partial charge in [0.15, 0.2) is 11.5 Å². The van der Waals surface area contributed by atoms with Crippen molar-refractivity contribution in [3.05, 3.63) is 46.5 Å². The Kier molecular flexibility index (Phi) is 6.97. The van der Waals surface area contributed by atoms with Crippen LogP contribution in [0.2, 0.25) is 5.02 Å². The summed E-state index contributed by atoms with van der Waals surface area (Å²) >= 11 is 6.06. The Balaban J connectivity index is 1.97. The van der Waals surface area contributed by atoms with Crippen LogP contribution < -0.4 is 24.8 Å². The molecule has 7 heteroatoms. The lowest BCUT2D eigenvalue weighted by Crippen LogP contribution is -2.30. The van der Waals surface area contributed by atoms with Gasteiger partial charge in [-0.05, 0) is 48.7 Å². The molecule has 0 saturated carbocycles. The Bertz CT molecular complexity index is 755. The molecule has 2 aromatic rings. The largest absolute Gasteiger partial charge is 0.493 e. The molecular weight excluding hydrogens is 356 g/mol. The van der Waals surface area contributed by atoms with Crippen molar-refractivity contribution in [1.82, 2.24) is 5.32 Å². The number of carbonyl (C=O) groups is 1. The number of methoxy groups -OCH3 is 3. The van der Waals surface area contributed by atoms with Crippen molar-refractivity contribution >= 4 is 23.3 Å². The van der Waals surface area contributed by atoms with Crippen LogP contribution in [-0.4, -0.2) is 33.9 Å². The van der Waals surface area contributed by atoms with Gasteiger partial charge < -0.3 is 24.8 Å². The molecule has 0 bridgehead atoms. The summed E-state index contributed by atoms with van der Waals surface area (Å²) in [6, 6.07) is 8.82. The van der Waals surface area contributed by atoms with Crippen molar-refractivity contribution in [1.29, 1.82) is 0 Å². The molecule has 2 N–H and O–H groups in total. The summed E-state index contributed by atoms with van der Waals surface area (Å²) in [6.07, 6.45) is 0.610. The number of amides is 2. The summed E-state index contributed by atoms with van der Waals surface area (Å²) in [5, 5.41) is 6.23. The fourth-order valence-corrected chi connectivity index (χ4v) is 2.68. The molecule has 0 aliphatic carbocycles. The van der Waals surface area contributed by atoms with Crippen molar-refractivity contribution in [2.75, 3.05) is 33.2 Å². The van der Waals surface area contributed by atoms with Crippen LogP contribution in [-0.2, 0) is 6.42 Å². The predicted molar refractivity (Wildman–Crippen MR) is 103 cm³/mol. The van der Waals surface area contributed by atoms with E-state index in [2.05, 4.69) is 10.6 Å². The van der Waals surface area contributed by atoms with Crippen molar-refractivity contribution < 1.29 is 19.0 Å². The number of halogens is 1. The van der Waals surface area contributed by atoms with Gasteiger partial charge in [0.25, 0.3) is 0 Å². The average Bonchev–Trinajstić information content (AvgIpc) is 2.64. The van der Waals surface area contributed by atoms with Gasteiger partial charge in [-0.3, -0.25) is 0 Å². The van der Waals surface area contributed by atoms with Gasteiger partial charge in [0.2, 0.25) is 5.75 Å². The minimum absolute atomic E-state index is 0.289. The molecule has 0 atom stereocenters. The van der Waals surface area contributed by atoms with Crippen LogP contribution in [0.25, 0.3) is 0 Å². The van der Waals surface area contributed by atoms with E-state index in [4.69, 9.17) is 25.8 Å². The minimum atomic E-state index is -0.289. The molecule has 0 radical (unpaired) electrons. The first-order valence-electron chi connectivity index (χ1n) is 8.09. The lowest BCUT2D eigenvalue weighted by atomic mass is 10.1. The van der Waals surface area contributed by atoms with E-state index in [0.717, 1.165) is 11.1 Å². The number of urea groups is 1. The molecule has 2 aromatic carbocycles. The number of rotatable bonds is 7. The smallest absolute Gasteiger partial charge is 0.319 e. The molecule has 140 valence electrons. The highest BCUT2D eigenvalue weighted by molar-refractivity contribution is 6.31. The van der Waals surface area contributed by atoms with Crippen LogP contribution in [0, 0.1) is 6.92 Å². The Labute approximate surface area is 158 Å². The van der Waals surface area contributed by atoms with Crippen molar-refractivity contribution in [2.24, 2.45) is 0 Å². The Morgan fingerprint density at radius 2 is 1.73 bits per heavy atom. The van der Waals surface area contributed by atoms with E-state index in [1.54, 1.807) is 39.5 Å². The zero-order chi connectivity index (χ0) is 19.1. The molecule has 0 aliphatic rings. The van der Waals surface area contributed by atoms with Gasteiger partial charge in [0, 0.05) is 17.3 Å². The predicted octanol–water partition coefficient (Wildman–Crippen LogP) is 4.04. The zero-order valence-electron chi connectivity index (χ0n) is 15.3. The van der Waals surface area contributed by atoms with Gasteiger partial charge in [0.1, 0.15) is 0 Å². The lowest BCUT2D eigenvalue weighted by molar-refractivity contribution is 0.252. The van der Waals surface area contributed by atoms with E-state index in [0.29, 0.717) is 40.9 Å². The number of hydrogen-bond donors (Lipinski definition) is 2. The fourth-order valence-electron chi connectivity index (χ4n) is 2.51. The van der Waals surface area contributed by atoms with Crippen LogP contribution in [0.5, 0.6) is 17.2 Å². The number of carbonyl (C=O) groups excluding carboxylic acids is 1. The summed E-state index contributed by atoms with van der Waals surface area (Å²) in [5.74, 6) is 1.71. The second kappa shape index (κ2) is 9.20. The molecule has 0 heterocycles. The van der Waals surface area contributed by atoms with Gasteiger partial charge in [0.05, 0.1) is 21.3 Å². The van der Waals surface area contributed by atoms with Gasteiger partial charge in [-0.1, -0.05) is 17.7 Å². The van der Waals surface area contributed by atoms with Crippen LogP contribution in [0.15, 0.2) is 30.3 Å². The first-order valence-corrected chi connectivity index (χ1v) is 8.46. The third-order valence-electron chi connectivity index (χ3n) is 3.94. The number of anilines is 1. The first-order chi connectivity index (χ1) is 12.5. The Morgan fingerprint density at radius 1 is 1.08 bits per heavy atom. The zero-order valence-corrected chi connectivity index (χ0v) is 16.1. The lowest BCUT2D eigenvalue weighted by Gasteiger charge is -2.14. The maximum absolute atomic E-state index is 12.1. The summed E-state index contributed by atoms with van der Waals surface area (Å²) in [5.41, 5.74) is 2.47. The summed E-state index contributed by atoms with van der Waals surface area (Å²) in [4.78, 5) is 12.1.